The highest BCUT2D eigenvalue weighted by atomic mass is 16.6. The second kappa shape index (κ2) is 5.78. The number of pyridine rings is 1. The van der Waals surface area contributed by atoms with Crippen molar-refractivity contribution >= 4 is 23.3 Å². The van der Waals surface area contributed by atoms with Crippen molar-refractivity contribution in [3.8, 4) is 0 Å². The molecule has 0 atom stereocenters. The van der Waals surface area contributed by atoms with Gasteiger partial charge < -0.3 is 10.4 Å². The lowest BCUT2D eigenvalue weighted by molar-refractivity contribution is -0.384. The molecule has 0 spiro atoms. The van der Waals surface area contributed by atoms with Crippen LogP contribution in [-0.4, -0.2) is 26.9 Å². The number of carboxylic acid groups (broad SMARTS) is 1. The minimum atomic E-state index is -1.30. The van der Waals surface area contributed by atoms with Crippen LogP contribution < -0.4 is 5.32 Å². The summed E-state index contributed by atoms with van der Waals surface area (Å²) in [6.07, 6.45) is 2.78. The molecule has 0 fully saturated rings. The Bertz CT molecular complexity index is 715. The fraction of sp³-hybridized carbons (Fsp3) is 0. The number of aromatic carboxylic acids is 1. The number of nitrogens with zero attached hydrogens (tertiary/aromatic N) is 2. The van der Waals surface area contributed by atoms with E-state index in [9.17, 15) is 19.7 Å². The standard InChI is InChI=1S/C13H9N3O5/c17-12(8-2-1-5-14-7-8)15-11-6-9(16(20)21)3-4-10(11)13(18)19/h1-7H,(H,15,17)(H,18,19). The molecule has 1 amide bonds. The zero-order valence-corrected chi connectivity index (χ0v) is 10.5. The lowest BCUT2D eigenvalue weighted by Crippen LogP contribution is -2.15. The predicted octanol–water partition coefficient (Wildman–Crippen LogP) is 1.94. The van der Waals surface area contributed by atoms with Crippen molar-refractivity contribution in [1.82, 2.24) is 4.98 Å². The number of rotatable bonds is 4. The highest BCUT2D eigenvalue weighted by molar-refractivity contribution is 6.07. The molecule has 0 aliphatic rings. The molecule has 1 heterocycles. The van der Waals surface area contributed by atoms with E-state index in [0.717, 1.165) is 18.2 Å². The fourth-order valence-corrected chi connectivity index (χ4v) is 1.63. The number of carbonyl (C=O) groups excluding carboxylic acids is 1. The molecule has 106 valence electrons. The van der Waals surface area contributed by atoms with Crippen molar-refractivity contribution < 1.29 is 19.6 Å². The number of amides is 1. The van der Waals surface area contributed by atoms with E-state index in [2.05, 4.69) is 10.3 Å². The van der Waals surface area contributed by atoms with Gasteiger partial charge in [-0.3, -0.25) is 19.9 Å². The van der Waals surface area contributed by atoms with Gasteiger partial charge in [0.05, 0.1) is 21.7 Å². The van der Waals surface area contributed by atoms with Gasteiger partial charge in [0.2, 0.25) is 0 Å². The topological polar surface area (TPSA) is 122 Å². The van der Waals surface area contributed by atoms with Gasteiger partial charge in [-0.2, -0.15) is 0 Å². The maximum absolute atomic E-state index is 12.0. The minimum Gasteiger partial charge on any atom is -0.478 e. The molecule has 21 heavy (non-hydrogen) atoms. The van der Waals surface area contributed by atoms with Crippen LogP contribution in [0.25, 0.3) is 0 Å². The first-order valence-electron chi connectivity index (χ1n) is 5.72. The van der Waals surface area contributed by atoms with Gasteiger partial charge in [0.25, 0.3) is 11.6 Å². The molecule has 1 aromatic heterocycles. The van der Waals surface area contributed by atoms with Gasteiger partial charge in [-0.05, 0) is 18.2 Å². The Morgan fingerprint density at radius 2 is 2.05 bits per heavy atom. The Balaban J connectivity index is 2.37. The zero-order valence-electron chi connectivity index (χ0n) is 10.5. The van der Waals surface area contributed by atoms with Crippen LogP contribution in [0.3, 0.4) is 0 Å². The lowest BCUT2D eigenvalue weighted by atomic mass is 10.1. The number of hydrogen-bond donors (Lipinski definition) is 2. The second-order valence-corrected chi connectivity index (χ2v) is 3.99. The van der Waals surface area contributed by atoms with Crippen LogP contribution in [0.15, 0.2) is 42.7 Å². The number of nitro groups is 1. The SMILES string of the molecule is O=C(Nc1cc([N+](=O)[O-])ccc1C(=O)O)c1cccnc1. The summed E-state index contributed by atoms with van der Waals surface area (Å²) in [5.41, 5.74) is -0.495. The van der Waals surface area contributed by atoms with Gasteiger partial charge in [0, 0.05) is 24.5 Å². The first-order valence-corrected chi connectivity index (χ1v) is 5.72. The van der Waals surface area contributed by atoms with Crippen LogP contribution in [-0.2, 0) is 0 Å². The summed E-state index contributed by atoms with van der Waals surface area (Å²) in [4.78, 5) is 36.9. The van der Waals surface area contributed by atoms with Crippen LogP contribution in [0.4, 0.5) is 11.4 Å². The average molecular weight is 287 g/mol. The monoisotopic (exact) mass is 287 g/mol. The highest BCUT2D eigenvalue weighted by Gasteiger charge is 2.17. The summed E-state index contributed by atoms with van der Waals surface area (Å²) in [6.45, 7) is 0. The zero-order chi connectivity index (χ0) is 15.4. The Morgan fingerprint density at radius 3 is 2.62 bits per heavy atom. The molecule has 2 rings (SSSR count). The summed E-state index contributed by atoms with van der Waals surface area (Å²) >= 11 is 0. The van der Waals surface area contributed by atoms with Crippen molar-refractivity contribution in [2.45, 2.75) is 0 Å². The van der Waals surface area contributed by atoms with Crippen LogP contribution in [0, 0.1) is 10.1 Å². The largest absolute Gasteiger partial charge is 0.478 e. The first kappa shape index (κ1) is 14.1. The van der Waals surface area contributed by atoms with Gasteiger partial charge in [0.1, 0.15) is 0 Å². The number of hydrogen-bond acceptors (Lipinski definition) is 5. The maximum atomic E-state index is 12.0. The van der Waals surface area contributed by atoms with Crippen molar-refractivity contribution in [3.05, 3.63) is 64.0 Å². The Kier molecular flexibility index (Phi) is 3.89. The van der Waals surface area contributed by atoms with Crippen LogP contribution in [0.2, 0.25) is 0 Å². The molecule has 0 bridgehead atoms. The number of benzene rings is 1. The van der Waals surface area contributed by atoms with Crippen LogP contribution in [0.5, 0.6) is 0 Å². The summed E-state index contributed by atoms with van der Waals surface area (Å²) in [7, 11) is 0. The van der Waals surface area contributed by atoms with E-state index in [-0.39, 0.29) is 22.5 Å². The fourth-order valence-electron chi connectivity index (χ4n) is 1.63. The number of carbonyl (C=O) groups is 2. The van der Waals surface area contributed by atoms with Crippen LogP contribution >= 0.6 is 0 Å². The molecule has 0 aliphatic carbocycles. The summed E-state index contributed by atoms with van der Waals surface area (Å²) < 4.78 is 0. The van der Waals surface area contributed by atoms with E-state index in [4.69, 9.17) is 5.11 Å². The molecule has 8 nitrogen and oxygen atoms in total. The van der Waals surface area contributed by atoms with Gasteiger partial charge in [-0.25, -0.2) is 4.79 Å². The molecule has 0 unspecified atom stereocenters. The highest BCUT2D eigenvalue weighted by Crippen LogP contribution is 2.23. The van der Waals surface area contributed by atoms with E-state index >= 15 is 0 Å². The van der Waals surface area contributed by atoms with Crippen molar-refractivity contribution in [2.75, 3.05) is 5.32 Å². The third-order valence-electron chi connectivity index (χ3n) is 2.62. The quantitative estimate of drug-likeness (QED) is 0.654. The third-order valence-corrected chi connectivity index (χ3v) is 2.62. The summed E-state index contributed by atoms with van der Waals surface area (Å²) in [6, 6.07) is 6.15. The van der Waals surface area contributed by atoms with E-state index < -0.39 is 16.8 Å². The number of carboxylic acids is 1. The second-order valence-electron chi connectivity index (χ2n) is 3.99. The van der Waals surface area contributed by atoms with Gasteiger partial charge in [-0.1, -0.05) is 0 Å². The van der Waals surface area contributed by atoms with Crippen molar-refractivity contribution in [1.29, 1.82) is 0 Å². The molecule has 0 aliphatic heterocycles. The van der Waals surface area contributed by atoms with Crippen molar-refractivity contribution in [3.63, 3.8) is 0 Å². The van der Waals surface area contributed by atoms with Crippen LogP contribution in [0.1, 0.15) is 20.7 Å². The normalized spacial score (nSPS) is 9.90. The molecule has 0 saturated heterocycles. The number of aromatic nitrogens is 1. The number of anilines is 1. The predicted molar refractivity (Wildman–Crippen MR) is 72.2 cm³/mol. The molecule has 0 saturated carbocycles. The number of non-ortho nitro benzene ring substituents is 1. The van der Waals surface area contributed by atoms with E-state index in [0.29, 0.717) is 0 Å². The van der Waals surface area contributed by atoms with E-state index in [1.807, 2.05) is 0 Å². The number of nitro benzene ring substituents is 1. The van der Waals surface area contributed by atoms with E-state index in [1.165, 1.54) is 18.5 Å². The van der Waals surface area contributed by atoms with Gasteiger partial charge in [0.15, 0.2) is 0 Å². The first-order chi connectivity index (χ1) is 9.99. The lowest BCUT2D eigenvalue weighted by Gasteiger charge is -2.08. The minimum absolute atomic E-state index is 0.148. The molecular weight excluding hydrogens is 278 g/mol. The maximum Gasteiger partial charge on any atom is 0.337 e. The molecular formula is C13H9N3O5. The molecule has 1 aromatic carbocycles. The van der Waals surface area contributed by atoms with Gasteiger partial charge >= 0.3 is 5.97 Å². The Hall–Kier alpha value is -3.29. The smallest absolute Gasteiger partial charge is 0.337 e. The number of nitrogens with one attached hydrogen (secondary N) is 1. The third kappa shape index (κ3) is 3.18. The molecule has 0 radical (unpaired) electrons. The molecule has 2 aromatic rings. The molecule has 8 heteroatoms. The Labute approximate surface area is 118 Å². The molecule has 2 N–H and O–H groups in total. The van der Waals surface area contributed by atoms with Crippen molar-refractivity contribution in [2.24, 2.45) is 0 Å². The van der Waals surface area contributed by atoms with Gasteiger partial charge in [-0.15, -0.1) is 0 Å². The summed E-state index contributed by atoms with van der Waals surface area (Å²) in [5, 5.41) is 22.1. The van der Waals surface area contributed by atoms with E-state index in [1.54, 1.807) is 6.07 Å². The average Bonchev–Trinajstić information content (AvgIpc) is 2.47. The summed E-state index contributed by atoms with van der Waals surface area (Å²) in [5.74, 6) is -1.91. The Morgan fingerprint density at radius 1 is 1.29 bits per heavy atom.